The van der Waals surface area contributed by atoms with Crippen molar-refractivity contribution in [2.24, 2.45) is 0 Å². The summed E-state index contributed by atoms with van der Waals surface area (Å²) in [5.41, 5.74) is 1.30. The zero-order valence-corrected chi connectivity index (χ0v) is 10.0. The molecular weight excluding hydrogens is 232 g/mol. The first-order valence-corrected chi connectivity index (χ1v) is 5.66. The second kappa shape index (κ2) is 5.81. The number of hydrogen-bond donors (Lipinski definition) is 2. The molecule has 0 unspecified atom stereocenters. The molecule has 0 spiro atoms. The highest BCUT2D eigenvalue weighted by molar-refractivity contribution is 5.73. The molecule has 2 rings (SSSR count). The van der Waals surface area contributed by atoms with E-state index < -0.39 is 0 Å². The van der Waals surface area contributed by atoms with E-state index in [2.05, 4.69) is 20.6 Å². The average molecular weight is 246 g/mol. The van der Waals surface area contributed by atoms with E-state index in [1.807, 2.05) is 6.92 Å². The summed E-state index contributed by atoms with van der Waals surface area (Å²) in [6, 6.07) is 3.36. The van der Waals surface area contributed by atoms with Crippen LogP contribution in [-0.2, 0) is 6.54 Å². The second-order valence-electron chi connectivity index (χ2n) is 3.54. The normalized spacial score (nSPS) is 10.1. The van der Waals surface area contributed by atoms with E-state index in [1.165, 1.54) is 0 Å². The number of furan rings is 1. The Hall–Kier alpha value is -2.37. The number of nitrogens with zero attached hydrogens (tertiary/aromatic N) is 2. The number of hydrogen-bond acceptors (Lipinski definition) is 4. The van der Waals surface area contributed by atoms with Crippen molar-refractivity contribution in [1.82, 2.24) is 20.6 Å². The molecular formula is C12H14N4O2. The van der Waals surface area contributed by atoms with Gasteiger partial charge in [0.2, 0.25) is 0 Å². The molecule has 0 saturated heterocycles. The molecule has 2 N–H and O–H groups in total. The third kappa shape index (κ3) is 2.85. The summed E-state index contributed by atoms with van der Waals surface area (Å²) in [6.07, 6.45) is 4.75. The number of amides is 2. The molecule has 94 valence electrons. The smallest absolute Gasteiger partial charge is 0.315 e. The van der Waals surface area contributed by atoms with Crippen LogP contribution in [0.15, 0.2) is 35.2 Å². The topological polar surface area (TPSA) is 80.0 Å². The molecule has 18 heavy (non-hydrogen) atoms. The molecule has 0 bridgehead atoms. The van der Waals surface area contributed by atoms with E-state index >= 15 is 0 Å². The molecule has 2 aromatic rings. The van der Waals surface area contributed by atoms with Crippen molar-refractivity contribution in [3.05, 3.63) is 36.5 Å². The van der Waals surface area contributed by atoms with Gasteiger partial charge in [0.05, 0.1) is 18.5 Å². The van der Waals surface area contributed by atoms with Crippen LogP contribution in [0.1, 0.15) is 12.6 Å². The largest absolute Gasteiger partial charge is 0.463 e. The Bertz CT molecular complexity index is 511. The van der Waals surface area contributed by atoms with Gasteiger partial charge in [-0.2, -0.15) is 0 Å². The molecule has 0 radical (unpaired) electrons. The Balaban J connectivity index is 2.11. The summed E-state index contributed by atoms with van der Waals surface area (Å²) in [6.45, 7) is 2.74. The molecule has 0 aliphatic carbocycles. The summed E-state index contributed by atoms with van der Waals surface area (Å²) in [7, 11) is 0. The van der Waals surface area contributed by atoms with E-state index in [0.29, 0.717) is 30.2 Å². The number of carbonyl (C=O) groups excluding carboxylic acids is 1. The lowest BCUT2D eigenvalue weighted by molar-refractivity contribution is 0.241. The lowest BCUT2D eigenvalue weighted by Gasteiger charge is -2.07. The van der Waals surface area contributed by atoms with Crippen LogP contribution in [-0.4, -0.2) is 22.5 Å². The fourth-order valence-electron chi connectivity index (χ4n) is 1.50. The minimum Gasteiger partial charge on any atom is -0.463 e. The van der Waals surface area contributed by atoms with Crippen molar-refractivity contribution in [3.63, 3.8) is 0 Å². The maximum absolute atomic E-state index is 11.3. The highest BCUT2D eigenvalue weighted by Crippen LogP contribution is 2.19. The highest BCUT2D eigenvalue weighted by atomic mass is 16.3. The maximum atomic E-state index is 11.3. The number of aromatic nitrogens is 2. The van der Waals surface area contributed by atoms with Gasteiger partial charge in [-0.15, -0.1) is 0 Å². The average Bonchev–Trinajstić information content (AvgIpc) is 2.91. The van der Waals surface area contributed by atoms with Crippen molar-refractivity contribution in [2.75, 3.05) is 6.54 Å². The van der Waals surface area contributed by atoms with Gasteiger partial charge < -0.3 is 15.1 Å². The van der Waals surface area contributed by atoms with Gasteiger partial charge in [-0.25, -0.2) is 9.78 Å². The second-order valence-corrected chi connectivity index (χ2v) is 3.54. The van der Waals surface area contributed by atoms with Crippen molar-refractivity contribution < 1.29 is 9.21 Å². The monoisotopic (exact) mass is 246 g/mol. The quantitative estimate of drug-likeness (QED) is 0.857. The van der Waals surface area contributed by atoms with Crippen molar-refractivity contribution in [2.45, 2.75) is 13.5 Å². The van der Waals surface area contributed by atoms with Gasteiger partial charge in [0.15, 0.2) is 5.76 Å². The molecule has 0 aliphatic heterocycles. The van der Waals surface area contributed by atoms with Gasteiger partial charge in [-0.05, 0) is 19.1 Å². The highest BCUT2D eigenvalue weighted by Gasteiger charge is 2.10. The Morgan fingerprint density at radius 2 is 2.17 bits per heavy atom. The molecule has 0 fully saturated rings. The van der Waals surface area contributed by atoms with E-state index in [9.17, 15) is 4.79 Å². The SMILES string of the molecule is CCNC(=O)NCc1nccnc1-c1ccco1. The molecule has 0 atom stereocenters. The molecule has 2 amide bonds. The summed E-state index contributed by atoms with van der Waals surface area (Å²) < 4.78 is 5.28. The third-order valence-corrected chi connectivity index (χ3v) is 2.28. The number of nitrogens with one attached hydrogen (secondary N) is 2. The van der Waals surface area contributed by atoms with Crippen molar-refractivity contribution >= 4 is 6.03 Å². The van der Waals surface area contributed by atoms with Crippen LogP contribution in [0.5, 0.6) is 0 Å². The third-order valence-electron chi connectivity index (χ3n) is 2.28. The number of rotatable bonds is 4. The predicted molar refractivity (Wildman–Crippen MR) is 65.6 cm³/mol. The van der Waals surface area contributed by atoms with Crippen LogP contribution in [0.3, 0.4) is 0 Å². The fraction of sp³-hybridized carbons (Fsp3) is 0.250. The van der Waals surface area contributed by atoms with Gasteiger partial charge in [-0.3, -0.25) is 4.98 Å². The Kier molecular flexibility index (Phi) is 3.90. The first-order valence-electron chi connectivity index (χ1n) is 5.66. The molecule has 0 aromatic carbocycles. The van der Waals surface area contributed by atoms with Gasteiger partial charge in [0.25, 0.3) is 0 Å². The molecule has 0 aliphatic rings. The van der Waals surface area contributed by atoms with Crippen LogP contribution < -0.4 is 10.6 Å². The number of urea groups is 1. The van der Waals surface area contributed by atoms with Gasteiger partial charge in [0.1, 0.15) is 5.69 Å². The maximum Gasteiger partial charge on any atom is 0.315 e. The van der Waals surface area contributed by atoms with Crippen molar-refractivity contribution in [1.29, 1.82) is 0 Å². The lowest BCUT2D eigenvalue weighted by Crippen LogP contribution is -2.35. The minimum atomic E-state index is -0.228. The van der Waals surface area contributed by atoms with Gasteiger partial charge in [0, 0.05) is 18.9 Å². The minimum absolute atomic E-state index is 0.228. The van der Waals surface area contributed by atoms with E-state index in [0.717, 1.165) is 0 Å². The standard InChI is InChI=1S/C12H14N4O2/c1-2-13-12(17)16-8-9-11(15-6-5-14-9)10-4-3-7-18-10/h3-7H,2,8H2,1H3,(H2,13,16,17). The molecule has 0 saturated carbocycles. The first-order chi connectivity index (χ1) is 8.81. The lowest BCUT2D eigenvalue weighted by atomic mass is 10.2. The van der Waals surface area contributed by atoms with E-state index in [4.69, 9.17) is 4.42 Å². The summed E-state index contributed by atoms with van der Waals surface area (Å²) in [4.78, 5) is 19.7. The summed E-state index contributed by atoms with van der Waals surface area (Å²) in [5, 5.41) is 5.36. The van der Waals surface area contributed by atoms with Crippen LogP contribution in [0.4, 0.5) is 4.79 Å². The Labute approximate surface area is 104 Å². The van der Waals surface area contributed by atoms with Crippen LogP contribution >= 0.6 is 0 Å². The first kappa shape index (κ1) is 12.1. The van der Waals surface area contributed by atoms with E-state index in [-0.39, 0.29) is 6.03 Å². The zero-order chi connectivity index (χ0) is 12.8. The van der Waals surface area contributed by atoms with Gasteiger partial charge in [-0.1, -0.05) is 0 Å². The fourth-order valence-corrected chi connectivity index (χ4v) is 1.50. The summed E-state index contributed by atoms with van der Waals surface area (Å²) >= 11 is 0. The summed E-state index contributed by atoms with van der Waals surface area (Å²) in [5.74, 6) is 0.635. The Morgan fingerprint density at radius 3 is 2.89 bits per heavy atom. The predicted octanol–water partition coefficient (Wildman–Crippen LogP) is 1.56. The molecule has 6 heteroatoms. The van der Waals surface area contributed by atoms with Gasteiger partial charge >= 0.3 is 6.03 Å². The van der Waals surface area contributed by atoms with Crippen molar-refractivity contribution in [3.8, 4) is 11.5 Å². The molecule has 2 aromatic heterocycles. The molecule has 2 heterocycles. The van der Waals surface area contributed by atoms with Crippen LogP contribution in [0.25, 0.3) is 11.5 Å². The number of carbonyl (C=O) groups is 1. The van der Waals surface area contributed by atoms with E-state index in [1.54, 1.807) is 30.8 Å². The molecule has 6 nitrogen and oxygen atoms in total. The van der Waals surface area contributed by atoms with Crippen LogP contribution in [0.2, 0.25) is 0 Å². The Morgan fingerprint density at radius 1 is 1.33 bits per heavy atom. The van der Waals surface area contributed by atoms with Crippen LogP contribution in [0, 0.1) is 0 Å². The zero-order valence-electron chi connectivity index (χ0n) is 10.0.